The highest BCUT2D eigenvalue weighted by molar-refractivity contribution is 9.10. The normalized spacial score (nSPS) is 52.1. The van der Waals surface area contributed by atoms with Crippen LogP contribution >= 0.6 is 27.5 Å². The molecule has 0 saturated heterocycles. The highest BCUT2D eigenvalue weighted by atomic mass is 79.9. The fourth-order valence-electron chi connectivity index (χ4n) is 7.95. The zero-order chi connectivity index (χ0) is 22.7. The summed E-state index contributed by atoms with van der Waals surface area (Å²) in [6.07, 6.45) is 4.07. The van der Waals surface area contributed by atoms with Gasteiger partial charge in [-0.25, -0.2) is 4.39 Å². The Morgan fingerprint density at radius 1 is 1.26 bits per heavy atom. The lowest BCUT2D eigenvalue weighted by atomic mass is 9.46. The number of ketones is 2. The number of hydrogen-bond donors (Lipinski definition) is 0. The summed E-state index contributed by atoms with van der Waals surface area (Å²) < 4.78 is 21.3. The Hall–Kier alpha value is -1.01. The first-order valence-corrected chi connectivity index (χ1v) is 12.2. The van der Waals surface area contributed by atoms with Crippen molar-refractivity contribution in [3.8, 4) is 0 Å². The molecule has 5 aliphatic rings. The van der Waals surface area contributed by atoms with Crippen molar-refractivity contribution in [2.75, 3.05) is 0 Å². The number of esters is 1. The molecule has 0 aromatic carbocycles. The molecule has 0 aliphatic heterocycles. The third-order valence-corrected chi connectivity index (χ3v) is 11.7. The van der Waals surface area contributed by atoms with Crippen LogP contribution in [-0.2, 0) is 19.1 Å². The summed E-state index contributed by atoms with van der Waals surface area (Å²) >= 11 is 10.7. The number of hydrogen-bond acceptors (Lipinski definition) is 4. The average Bonchev–Trinajstić information content (AvgIpc) is 3.43. The maximum absolute atomic E-state index is 16.5. The second-order valence-electron chi connectivity index (χ2n) is 10.6. The Morgan fingerprint density at radius 3 is 2.55 bits per heavy atom. The lowest BCUT2D eigenvalue weighted by Crippen LogP contribution is -2.68. The van der Waals surface area contributed by atoms with Crippen LogP contribution in [0.5, 0.6) is 0 Å². The first-order chi connectivity index (χ1) is 14.3. The van der Waals surface area contributed by atoms with Gasteiger partial charge in [-0.15, -0.1) is 0 Å². The minimum atomic E-state index is -1.33. The molecule has 31 heavy (non-hydrogen) atoms. The molecule has 0 bridgehead atoms. The number of alkyl halides is 2. The molecule has 5 aliphatic carbocycles. The maximum Gasteiger partial charge on any atom is 0.303 e. The summed E-state index contributed by atoms with van der Waals surface area (Å²) in [5, 5.41) is 0.505. The predicted molar refractivity (Wildman–Crippen MR) is 117 cm³/mol. The van der Waals surface area contributed by atoms with Crippen molar-refractivity contribution in [2.45, 2.75) is 69.5 Å². The van der Waals surface area contributed by atoms with Gasteiger partial charge in [-0.2, -0.15) is 0 Å². The van der Waals surface area contributed by atoms with Gasteiger partial charge in [0.2, 0.25) is 0 Å². The molecule has 0 radical (unpaired) electrons. The van der Waals surface area contributed by atoms with Crippen molar-refractivity contribution in [3.05, 3.63) is 22.8 Å². The van der Waals surface area contributed by atoms with Gasteiger partial charge in [-0.1, -0.05) is 47.5 Å². The number of fused-ring (bicyclic) bond motifs is 7. The number of halogens is 3. The van der Waals surface area contributed by atoms with Gasteiger partial charge in [-0.3, -0.25) is 14.4 Å². The van der Waals surface area contributed by atoms with Crippen LogP contribution in [0.4, 0.5) is 4.39 Å². The molecule has 0 amide bonds. The molecule has 1 unspecified atom stereocenters. The number of Topliss-reactive ketones (excluding diaryl/α,β-unsaturated/α-hetero) is 1. The van der Waals surface area contributed by atoms with Crippen LogP contribution in [0.15, 0.2) is 22.8 Å². The zero-order valence-corrected chi connectivity index (χ0v) is 20.5. The fourth-order valence-corrected chi connectivity index (χ4v) is 9.46. The van der Waals surface area contributed by atoms with Crippen molar-refractivity contribution in [3.63, 3.8) is 0 Å². The molecule has 0 N–H and O–H groups in total. The monoisotopic (exact) mass is 512 g/mol. The second-order valence-corrected chi connectivity index (χ2v) is 12.4. The number of carbonyl (C=O) groups excluding carboxylic acids is 3. The van der Waals surface area contributed by atoms with Crippen molar-refractivity contribution in [2.24, 2.45) is 34.5 Å². The largest absolute Gasteiger partial charge is 0.451 e. The van der Waals surface area contributed by atoms with Crippen molar-refractivity contribution in [1.29, 1.82) is 0 Å². The van der Waals surface area contributed by atoms with Gasteiger partial charge in [0.05, 0.1) is 4.32 Å². The summed E-state index contributed by atoms with van der Waals surface area (Å²) in [7, 11) is 0. The van der Waals surface area contributed by atoms with E-state index in [4.69, 9.17) is 16.3 Å². The third-order valence-electron chi connectivity index (χ3n) is 9.54. The summed E-state index contributed by atoms with van der Waals surface area (Å²) in [5.74, 6) is -1.06. The van der Waals surface area contributed by atoms with E-state index in [0.717, 1.165) is 12.0 Å². The lowest BCUT2D eigenvalue weighted by Gasteiger charge is -2.63. The van der Waals surface area contributed by atoms with E-state index in [1.165, 1.54) is 13.8 Å². The summed E-state index contributed by atoms with van der Waals surface area (Å²) in [4.78, 5) is 37.3. The first kappa shape index (κ1) is 21.8. The van der Waals surface area contributed by atoms with Gasteiger partial charge in [0.1, 0.15) is 6.17 Å². The summed E-state index contributed by atoms with van der Waals surface area (Å²) in [6, 6.07) is 0. The Labute approximate surface area is 195 Å². The smallest absolute Gasteiger partial charge is 0.303 e. The fraction of sp³-hybridized carbons (Fsp3) is 0.708. The number of carbonyl (C=O) groups is 3. The van der Waals surface area contributed by atoms with E-state index < -0.39 is 32.9 Å². The number of allylic oxidation sites excluding steroid dienone is 4. The Kier molecular flexibility index (Phi) is 4.44. The lowest BCUT2D eigenvalue weighted by molar-refractivity contribution is -0.187. The van der Waals surface area contributed by atoms with Crippen molar-refractivity contribution < 1.29 is 23.5 Å². The topological polar surface area (TPSA) is 60.4 Å². The molecule has 4 nitrogen and oxygen atoms in total. The predicted octanol–water partition coefficient (Wildman–Crippen LogP) is 5.07. The van der Waals surface area contributed by atoms with Crippen LogP contribution in [0.2, 0.25) is 0 Å². The highest BCUT2D eigenvalue weighted by Crippen LogP contribution is 2.76. The van der Waals surface area contributed by atoms with Gasteiger partial charge < -0.3 is 4.74 Å². The van der Waals surface area contributed by atoms with E-state index in [0.29, 0.717) is 17.9 Å². The molecular formula is C24H27BrClFO4. The van der Waals surface area contributed by atoms with Crippen LogP contribution in [0, 0.1) is 34.5 Å². The highest BCUT2D eigenvalue weighted by Gasteiger charge is 2.77. The van der Waals surface area contributed by atoms with E-state index in [-0.39, 0.29) is 41.7 Å². The van der Waals surface area contributed by atoms with Gasteiger partial charge in [-0.05, 0) is 56.1 Å². The van der Waals surface area contributed by atoms with Gasteiger partial charge in [0.15, 0.2) is 17.2 Å². The number of rotatable bonds is 2. The van der Waals surface area contributed by atoms with Crippen LogP contribution in [0.3, 0.4) is 0 Å². The minimum Gasteiger partial charge on any atom is -0.451 e. The van der Waals surface area contributed by atoms with E-state index in [2.05, 4.69) is 15.9 Å². The van der Waals surface area contributed by atoms with Crippen LogP contribution in [-0.4, -0.2) is 33.6 Å². The number of ether oxygens (including phenoxy) is 1. The summed E-state index contributed by atoms with van der Waals surface area (Å²) in [6.45, 7) is 6.68. The SMILES string of the molecule is CC(=O)O[C@]1(C(C)=O)CC[C@H]2[C@@H]3C=C(Cl)C4=CC(=O)[C@@H]5C[C@@H]5[C@]4(C)C3(Br)[C@@H](F)C[C@@]21C. The van der Waals surface area contributed by atoms with Gasteiger partial charge in [0, 0.05) is 34.6 Å². The van der Waals surface area contributed by atoms with Crippen LogP contribution < -0.4 is 0 Å². The standard InChI is InChI=1S/C24H27BrClFO4/c1-11(28)23(31-12(2)29)6-5-14-16-8-18(26)17-9-19(30)13-7-15(13)22(17,4)24(16,25)20(27)10-21(14,23)3/h8-9,13-16,20H,5-7,10H2,1-4H3/t13-,14+,15+,16+,20+,21+,22+,23+,24?/m1/s1. The van der Waals surface area contributed by atoms with Crippen molar-refractivity contribution >= 4 is 45.1 Å². The van der Waals surface area contributed by atoms with Crippen LogP contribution in [0.1, 0.15) is 53.4 Å². The van der Waals surface area contributed by atoms with Gasteiger partial charge in [0.25, 0.3) is 0 Å². The van der Waals surface area contributed by atoms with Gasteiger partial charge >= 0.3 is 5.97 Å². The van der Waals surface area contributed by atoms with E-state index >= 15 is 4.39 Å². The van der Waals surface area contributed by atoms with Crippen molar-refractivity contribution in [1.82, 2.24) is 0 Å². The molecule has 7 heteroatoms. The minimum absolute atomic E-state index is 0.0550. The molecule has 0 aromatic rings. The third kappa shape index (κ3) is 2.34. The molecule has 9 atom stereocenters. The first-order valence-electron chi connectivity index (χ1n) is 11.0. The summed E-state index contributed by atoms with van der Waals surface area (Å²) in [5.41, 5.74) is -2.06. The van der Waals surface area contributed by atoms with Crippen LogP contribution in [0.25, 0.3) is 0 Å². The molecule has 3 saturated carbocycles. The molecule has 0 heterocycles. The molecule has 168 valence electrons. The maximum atomic E-state index is 16.5. The molecule has 3 fully saturated rings. The zero-order valence-electron chi connectivity index (χ0n) is 18.1. The average molecular weight is 514 g/mol. The Balaban J connectivity index is 1.69. The quantitative estimate of drug-likeness (QED) is 0.382. The molecular weight excluding hydrogens is 487 g/mol. The molecule has 5 rings (SSSR count). The Bertz CT molecular complexity index is 992. The molecule has 0 aromatic heterocycles. The van der Waals surface area contributed by atoms with E-state index in [1.807, 2.05) is 19.9 Å². The van der Waals surface area contributed by atoms with E-state index in [1.54, 1.807) is 6.08 Å². The Morgan fingerprint density at radius 2 is 1.94 bits per heavy atom. The molecule has 0 spiro atoms. The second kappa shape index (κ2) is 6.31. The van der Waals surface area contributed by atoms with E-state index in [9.17, 15) is 14.4 Å².